The number of nitrogens with one attached hydrogen (secondary N) is 1. The number of amides is 1. The van der Waals surface area contributed by atoms with Gasteiger partial charge in [0, 0.05) is 11.6 Å². The van der Waals surface area contributed by atoms with E-state index in [1.165, 1.54) is 49.6 Å². The maximum Gasteiger partial charge on any atom is 0.257 e. The first-order valence-corrected chi connectivity index (χ1v) is 10.9. The normalized spacial score (nSPS) is 11.5. The Morgan fingerprint density at radius 1 is 1.20 bits per heavy atom. The minimum atomic E-state index is -4.20. The molecule has 2 rings (SSSR count). The van der Waals surface area contributed by atoms with Crippen molar-refractivity contribution in [1.82, 2.24) is 5.32 Å². The van der Waals surface area contributed by atoms with Crippen molar-refractivity contribution in [3.63, 3.8) is 0 Å². The third-order valence-electron chi connectivity index (χ3n) is 3.80. The van der Waals surface area contributed by atoms with Crippen LogP contribution in [0.25, 0.3) is 6.08 Å². The molecule has 0 bridgehead atoms. The number of nitriles is 1. The average Bonchev–Trinajstić information content (AvgIpc) is 2.72. The van der Waals surface area contributed by atoms with Gasteiger partial charge in [0.2, 0.25) is 9.84 Å². The maximum absolute atomic E-state index is 12.9. The quantitative estimate of drug-likeness (QED) is 0.589. The number of nitrogens with zero attached hydrogens (tertiary/aromatic N) is 1. The molecule has 158 valence electrons. The Balaban J connectivity index is 2.39. The molecule has 1 N–H and O–H groups in total. The van der Waals surface area contributed by atoms with Gasteiger partial charge in [0.15, 0.2) is 18.1 Å². The van der Waals surface area contributed by atoms with Gasteiger partial charge < -0.3 is 14.8 Å². The van der Waals surface area contributed by atoms with Crippen LogP contribution >= 0.6 is 23.2 Å². The summed E-state index contributed by atoms with van der Waals surface area (Å²) in [6.45, 7) is 2.06. The van der Waals surface area contributed by atoms with Crippen molar-refractivity contribution in [2.75, 3.05) is 20.3 Å². The molecule has 0 aliphatic heterocycles. The molecule has 10 heteroatoms. The molecule has 2 aromatic carbocycles. The number of likely N-dealkylation sites (N-methyl/N-ethyl adjacent to an activating group) is 1. The van der Waals surface area contributed by atoms with Gasteiger partial charge in [0.05, 0.1) is 17.0 Å². The highest BCUT2D eigenvalue weighted by Crippen LogP contribution is 2.32. The summed E-state index contributed by atoms with van der Waals surface area (Å²) in [7, 11) is -2.80. The summed E-state index contributed by atoms with van der Waals surface area (Å²) in [5.41, 5.74) is 0.371. The van der Waals surface area contributed by atoms with Crippen molar-refractivity contribution in [2.45, 2.75) is 11.8 Å². The van der Waals surface area contributed by atoms with Crippen LogP contribution < -0.4 is 14.8 Å². The summed E-state index contributed by atoms with van der Waals surface area (Å²) in [6, 6.07) is 10.2. The third-order valence-corrected chi connectivity index (χ3v) is 6.18. The molecular formula is C20H18Cl2N2O5S. The summed E-state index contributed by atoms with van der Waals surface area (Å²) in [5, 5.41) is 12.2. The van der Waals surface area contributed by atoms with E-state index in [4.69, 9.17) is 32.7 Å². The Bertz CT molecular complexity index is 1120. The lowest BCUT2D eigenvalue weighted by Gasteiger charge is -2.11. The van der Waals surface area contributed by atoms with Crippen molar-refractivity contribution in [2.24, 2.45) is 0 Å². The number of sulfone groups is 1. The summed E-state index contributed by atoms with van der Waals surface area (Å²) in [5.74, 6) is 0.267. The first-order chi connectivity index (χ1) is 14.2. The first kappa shape index (κ1) is 23.5. The standard InChI is InChI=1S/C20H18Cl2N2O5S/c1-3-24-20(25)12-29-17-7-4-13(9-18(17)28-2)8-15(11-23)30(26,27)19-10-14(21)5-6-16(19)22/h4-10H,3,12H2,1-2H3,(H,24,25)/b15-8+. The predicted molar refractivity (Wildman–Crippen MR) is 114 cm³/mol. The molecule has 0 saturated carbocycles. The molecule has 0 unspecified atom stereocenters. The topological polar surface area (TPSA) is 105 Å². The number of halogens is 2. The predicted octanol–water partition coefficient (Wildman–Crippen LogP) is 3.86. The van der Waals surface area contributed by atoms with E-state index < -0.39 is 14.7 Å². The van der Waals surface area contributed by atoms with Gasteiger partial charge in [0.1, 0.15) is 11.0 Å². The van der Waals surface area contributed by atoms with Crippen LogP contribution in [0.5, 0.6) is 11.5 Å². The number of hydrogen-bond acceptors (Lipinski definition) is 6. The van der Waals surface area contributed by atoms with Crippen molar-refractivity contribution in [3.8, 4) is 17.6 Å². The van der Waals surface area contributed by atoms with Crippen molar-refractivity contribution < 1.29 is 22.7 Å². The second kappa shape index (κ2) is 10.3. The van der Waals surface area contributed by atoms with Gasteiger partial charge in [-0.2, -0.15) is 5.26 Å². The second-order valence-corrected chi connectivity index (χ2v) is 8.58. The molecule has 0 fully saturated rings. The average molecular weight is 469 g/mol. The molecule has 0 aliphatic carbocycles. The molecular weight excluding hydrogens is 451 g/mol. The van der Waals surface area contributed by atoms with Gasteiger partial charge >= 0.3 is 0 Å². The number of benzene rings is 2. The monoisotopic (exact) mass is 468 g/mol. The summed E-state index contributed by atoms with van der Waals surface area (Å²) in [6.07, 6.45) is 1.18. The van der Waals surface area contributed by atoms with Crippen molar-refractivity contribution in [3.05, 3.63) is 56.9 Å². The molecule has 0 atom stereocenters. The minimum Gasteiger partial charge on any atom is -0.493 e. The Hall–Kier alpha value is -2.73. The van der Waals surface area contributed by atoms with Crippen LogP contribution in [0.3, 0.4) is 0 Å². The molecule has 0 heterocycles. The lowest BCUT2D eigenvalue weighted by Crippen LogP contribution is -2.28. The zero-order valence-corrected chi connectivity index (χ0v) is 18.4. The highest BCUT2D eigenvalue weighted by Gasteiger charge is 2.24. The van der Waals surface area contributed by atoms with Gasteiger partial charge in [-0.25, -0.2) is 8.42 Å². The maximum atomic E-state index is 12.9. The van der Waals surface area contributed by atoms with Crippen LogP contribution in [0, 0.1) is 11.3 Å². The van der Waals surface area contributed by atoms with Crippen LogP contribution in [0.2, 0.25) is 10.0 Å². The van der Waals surface area contributed by atoms with E-state index in [2.05, 4.69) is 5.32 Å². The fraction of sp³-hybridized carbons (Fsp3) is 0.200. The number of methoxy groups -OCH3 is 1. The molecule has 0 aromatic heterocycles. The van der Waals surface area contributed by atoms with E-state index in [-0.39, 0.29) is 33.2 Å². The molecule has 7 nitrogen and oxygen atoms in total. The fourth-order valence-corrected chi connectivity index (χ4v) is 4.32. The number of hydrogen-bond donors (Lipinski definition) is 1. The molecule has 2 aromatic rings. The van der Waals surface area contributed by atoms with Crippen molar-refractivity contribution in [1.29, 1.82) is 5.26 Å². The van der Waals surface area contributed by atoms with Gasteiger partial charge in [-0.1, -0.05) is 29.3 Å². The van der Waals surface area contributed by atoms with Crippen LogP contribution in [0.15, 0.2) is 46.2 Å². The summed E-state index contributed by atoms with van der Waals surface area (Å²) in [4.78, 5) is 10.8. The number of carbonyl (C=O) groups is 1. The van der Waals surface area contributed by atoms with E-state index >= 15 is 0 Å². The van der Waals surface area contributed by atoms with E-state index in [9.17, 15) is 18.5 Å². The lowest BCUT2D eigenvalue weighted by molar-refractivity contribution is -0.123. The molecule has 0 spiro atoms. The summed E-state index contributed by atoms with van der Waals surface area (Å²) >= 11 is 11.9. The van der Waals surface area contributed by atoms with Crippen LogP contribution in [-0.4, -0.2) is 34.6 Å². The Kier molecular flexibility index (Phi) is 8.12. The number of ether oxygens (including phenoxy) is 2. The van der Waals surface area contributed by atoms with E-state index in [1.807, 2.05) is 0 Å². The molecule has 1 amide bonds. The molecule has 0 saturated heterocycles. The highest BCUT2D eigenvalue weighted by atomic mass is 35.5. The molecule has 30 heavy (non-hydrogen) atoms. The summed E-state index contributed by atoms with van der Waals surface area (Å²) < 4.78 is 36.4. The largest absolute Gasteiger partial charge is 0.493 e. The van der Waals surface area contributed by atoms with Crippen LogP contribution in [0.1, 0.15) is 12.5 Å². The van der Waals surface area contributed by atoms with Gasteiger partial charge in [0.25, 0.3) is 5.91 Å². The first-order valence-electron chi connectivity index (χ1n) is 8.62. The highest BCUT2D eigenvalue weighted by molar-refractivity contribution is 7.95. The third kappa shape index (κ3) is 5.66. The Morgan fingerprint density at radius 3 is 2.57 bits per heavy atom. The van der Waals surface area contributed by atoms with Crippen LogP contribution in [0.4, 0.5) is 0 Å². The van der Waals surface area contributed by atoms with Gasteiger partial charge in [-0.3, -0.25) is 4.79 Å². The van der Waals surface area contributed by atoms with E-state index in [1.54, 1.807) is 13.0 Å². The molecule has 0 radical (unpaired) electrons. The number of allylic oxidation sites excluding steroid dienone is 1. The molecule has 0 aliphatic rings. The number of carbonyl (C=O) groups excluding carboxylic acids is 1. The van der Waals surface area contributed by atoms with E-state index in [0.717, 1.165) is 0 Å². The van der Waals surface area contributed by atoms with Crippen LogP contribution in [-0.2, 0) is 14.6 Å². The Labute approximate surface area is 184 Å². The number of rotatable bonds is 8. The fourth-order valence-electron chi connectivity index (χ4n) is 2.41. The smallest absolute Gasteiger partial charge is 0.257 e. The van der Waals surface area contributed by atoms with Gasteiger partial charge in [-0.15, -0.1) is 0 Å². The SMILES string of the molecule is CCNC(=O)COc1ccc(/C=C(\C#N)S(=O)(=O)c2cc(Cl)ccc2Cl)cc1OC. The Morgan fingerprint density at radius 2 is 1.93 bits per heavy atom. The zero-order chi connectivity index (χ0) is 22.3. The minimum absolute atomic E-state index is 0.0489. The van der Waals surface area contributed by atoms with E-state index in [0.29, 0.717) is 17.9 Å². The second-order valence-electron chi connectivity index (χ2n) is 5.85. The lowest BCUT2D eigenvalue weighted by atomic mass is 10.2. The zero-order valence-electron chi connectivity index (χ0n) is 16.1. The van der Waals surface area contributed by atoms with Gasteiger partial charge in [-0.05, 0) is 48.9 Å². The van der Waals surface area contributed by atoms with Crippen molar-refractivity contribution >= 4 is 45.0 Å².